The third-order valence-corrected chi connectivity index (χ3v) is 4.95. The van der Waals surface area contributed by atoms with E-state index >= 15 is 0 Å². The molecule has 2 N–H and O–H groups in total. The predicted octanol–water partition coefficient (Wildman–Crippen LogP) is 2.41. The Bertz CT molecular complexity index is 565. The van der Waals surface area contributed by atoms with E-state index in [1.165, 1.54) is 13.2 Å². The Morgan fingerprint density at radius 3 is 2.70 bits per heavy atom. The molecule has 0 saturated carbocycles. The number of rotatable bonds is 7. The molecule has 5 nitrogen and oxygen atoms in total. The highest BCUT2D eigenvalue weighted by Crippen LogP contribution is 2.35. The molecule has 0 radical (unpaired) electrons. The Balaban J connectivity index is 3.03. The van der Waals surface area contributed by atoms with Crippen LogP contribution >= 0.6 is 27.5 Å². The Kier molecular flexibility index (Phi) is 6.74. The van der Waals surface area contributed by atoms with E-state index in [-0.39, 0.29) is 29.7 Å². The third kappa shape index (κ3) is 4.60. The van der Waals surface area contributed by atoms with Gasteiger partial charge in [-0.1, -0.05) is 18.5 Å². The van der Waals surface area contributed by atoms with Gasteiger partial charge in [0.15, 0.2) is 5.75 Å². The van der Waals surface area contributed by atoms with Crippen LogP contribution < -0.4 is 9.46 Å². The van der Waals surface area contributed by atoms with Crippen LogP contribution in [0.3, 0.4) is 0 Å². The molecule has 1 aromatic rings. The zero-order valence-electron chi connectivity index (χ0n) is 11.2. The lowest BCUT2D eigenvalue weighted by atomic mass is 10.1. The number of methoxy groups -OCH3 is 1. The number of benzene rings is 1. The van der Waals surface area contributed by atoms with E-state index in [2.05, 4.69) is 20.7 Å². The molecule has 20 heavy (non-hydrogen) atoms. The van der Waals surface area contributed by atoms with Crippen molar-refractivity contribution >= 4 is 37.6 Å². The number of halogens is 2. The summed E-state index contributed by atoms with van der Waals surface area (Å²) < 4.78 is 32.7. The van der Waals surface area contributed by atoms with E-state index < -0.39 is 10.0 Å². The first kappa shape index (κ1) is 17.7. The van der Waals surface area contributed by atoms with Crippen LogP contribution in [0.25, 0.3) is 0 Å². The standard InChI is InChI=1S/C12H17BrClNO4S/c1-8(3-4-16)7-15-20(17,18)11-6-9(14)5-10(13)12(11)19-2/h5-6,8,15-16H,3-4,7H2,1-2H3. The van der Waals surface area contributed by atoms with Crippen molar-refractivity contribution in [3.8, 4) is 5.75 Å². The summed E-state index contributed by atoms with van der Waals surface area (Å²) in [7, 11) is -2.34. The lowest BCUT2D eigenvalue weighted by Crippen LogP contribution is -2.29. The van der Waals surface area contributed by atoms with Crippen molar-refractivity contribution < 1.29 is 18.3 Å². The highest BCUT2D eigenvalue weighted by molar-refractivity contribution is 9.10. The normalized spacial score (nSPS) is 13.2. The fraction of sp³-hybridized carbons (Fsp3) is 0.500. The van der Waals surface area contributed by atoms with Gasteiger partial charge in [0.2, 0.25) is 10.0 Å². The molecule has 0 aliphatic rings. The summed E-state index contributed by atoms with van der Waals surface area (Å²) in [6.45, 7) is 2.11. The number of sulfonamides is 1. The monoisotopic (exact) mass is 385 g/mol. The molecule has 1 aromatic carbocycles. The molecule has 0 saturated heterocycles. The van der Waals surface area contributed by atoms with Gasteiger partial charge in [-0.15, -0.1) is 0 Å². The van der Waals surface area contributed by atoms with Crippen LogP contribution in [0.1, 0.15) is 13.3 Å². The van der Waals surface area contributed by atoms with Gasteiger partial charge in [0.1, 0.15) is 4.90 Å². The van der Waals surface area contributed by atoms with Gasteiger partial charge in [0, 0.05) is 18.2 Å². The second-order valence-electron chi connectivity index (χ2n) is 4.39. The molecule has 0 heterocycles. The van der Waals surface area contributed by atoms with E-state index in [1.807, 2.05) is 6.92 Å². The maximum Gasteiger partial charge on any atom is 0.244 e. The summed E-state index contributed by atoms with van der Waals surface area (Å²) in [5.74, 6) is 0.236. The minimum absolute atomic E-state index is 0.0180. The zero-order chi connectivity index (χ0) is 15.3. The van der Waals surface area contributed by atoms with Crippen molar-refractivity contribution in [2.24, 2.45) is 5.92 Å². The second kappa shape index (κ2) is 7.61. The molecule has 1 atom stereocenters. The maximum absolute atomic E-state index is 12.3. The molecule has 0 fully saturated rings. The molecule has 0 aromatic heterocycles. The Morgan fingerprint density at radius 1 is 1.50 bits per heavy atom. The fourth-order valence-corrected chi connectivity index (χ4v) is 4.13. The minimum Gasteiger partial charge on any atom is -0.494 e. The zero-order valence-corrected chi connectivity index (χ0v) is 14.3. The fourth-order valence-electron chi connectivity index (χ4n) is 1.59. The Morgan fingerprint density at radius 2 is 2.15 bits per heavy atom. The molecule has 8 heteroatoms. The molecule has 0 spiro atoms. The van der Waals surface area contributed by atoms with Crippen LogP contribution in [0.2, 0.25) is 5.02 Å². The van der Waals surface area contributed by atoms with Crippen molar-refractivity contribution in [3.63, 3.8) is 0 Å². The van der Waals surface area contributed by atoms with Crippen molar-refractivity contribution in [2.75, 3.05) is 20.3 Å². The van der Waals surface area contributed by atoms with Crippen LogP contribution in [0.4, 0.5) is 0 Å². The number of aliphatic hydroxyl groups excluding tert-OH is 1. The summed E-state index contributed by atoms with van der Waals surface area (Å²) in [6.07, 6.45) is 0.527. The second-order valence-corrected chi connectivity index (χ2v) is 7.41. The molecule has 0 bridgehead atoms. The Labute approximate surface area is 132 Å². The molecular weight excluding hydrogens is 370 g/mol. The van der Waals surface area contributed by atoms with Crippen LogP contribution in [0.15, 0.2) is 21.5 Å². The van der Waals surface area contributed by atoms with Gasteiger partial charge < -0.3 is 9.84 Å². The van der Waals surface area contributed by atoms with E-state index in [4.69, 9.17) is 21.4 Å². The molecule has 0 aliphatic carbocycles. The first-order valence-electron chi connectivity index (χ1n) is 5.95. The quantitative estimate of drug-likeness (QED) is 0.754. The van der Waals surface area contributed by atoms with E-state index in [9.17, 15) is 8.42 Å². The topological polar surface area (TPSA) is 75.6 Å². The summed E-state index contributed by atoms with van der Waals surface area (Å²) in [5, 5.41) is 9.11. The van der Waals surface area contributed by atoms with E-state index in [0.717, 1.165) is 0 Å². The summed E-state index contributed by atoms with van der Waals surface area (Å²) in [4.78, 5) is -0.0180. The molecule has 1 rings (SSSR count). The van der Waals surface area contributed by atoms with Crippen molar-refractivity contribution in [1.82, 2.24) is 4.72 Å². The van der Waals surface area contributed by atoms with E-state index in [1.54, 1.807) is 6.07 Å². The molecule has 0 amide bonds. The smallest absolute Gasteiger partial charge is 0.244 e. The number of hydrogen-bond donors (Lipinski definition) is 2. The number of ether oxygens (including phenoxy) is 1. The molecular formula is C12H17BrClNO4S. The summed E-state index contributed by atoms with van der Waals surface area (Å²) in [6, 6.07) is 2.90. The summed E-state index contributed by atoms with van der Waals surface area (Å²) in [5.41, 5.74) is 0. The number of hydrogen-bond acceptors (Lipinski definition) is 4. The summed E-state index contributed by atoms with van der Waals surface area (Å²) >= 11 is 9.11. The first-order chi connectivity index (χ1) is 9.31. The third-order valence-electron chi connectivity index (χ3n) is 2.71. The van der Waals surface area contributed by atoms with Gasteiger partial charge in [-0.3, -0.25) is 0 Å². The molecule has 0 aliphatic heterocycles. The highest BCUT2D eigenvalue weighted by atomic mass is 79.9. The van der Waals surface area contributed by atoms with Crippen LogP contribution in [0.5, 0.6) is 5.75 Å². The lowest BCUT2D eigenvalue weighted by molar-refractivity contribution is 0.263. The lowest BCUT2D eigenvalue weighted by Gasteiger charge is -2.15. The van der Waals surface area contributed by atoms with Crippen molar-refractivity contribution in [3.05, 3.63) is 21.6 Å². The number of nitrogens with one attached hydrogen (secondary N) is 1. The van der Waals surface area contributed by atoms with Gasteiger partial charge in [-0.2, -0.15) is 0 Å². The van der Waals surface area contributed by atoms with E-state index in [0.29, 0.717) is 15.9 Å². The van der Waals surface area contributed by atoms with Crippen LogP contribution in [0, 0.1) is 5.92 Å². The molecule has 1 unspecified atom stereocenters. The first-order valence-corrected chi connectivity index (χ1v) is 8.60. The number of aliphatic hydroxyl groups is 1. The van der Waals surface area contributed by atoms with Gasteiger partial charge in [-0.05, 0) is 40.4 Å². The molecule has 114 valence electrons. The van der Waals surface area contributed by atoms with Gasteiger partial charge in [0.05, 0.1) is 11.6 Å². The largest absolute Gasteiger partial charge is 0.494 e. The Hall–Kier alpha value is -0.340. The highest BCUT2D eigenvalue weighted by Gasteiger charge is 2.22. The SMILES string of the molecule is COc1c(Br)cc(Cl)cc1S(=O)(=O)NCC(C)CCO. The van der Waals surface area contributed by atoms with Gasteiger partial charge >= 0.3 is 0 Å². The maximum atomic E-state index is 12.3. The predicted molar refractivity (Wildman–Crippen MR) is 81.8 cm³/mol. The van der Waals surface area contributed by atoms with Crippen molar-refractivity contribution in [1.29, 1.82) is 0 Å². The average molecular weight is 387 g/mol. The van der Waals surface area contributed by atoms with Crippen LogP contribution in [-0.2, 0) is 10.0 Å². The average Bonchev–Trinajstić information content (AvgIpc) is 2.36. The minimum atomic E-state index is -3.73. The van der Waals surface area contributed by atoms with Gasteiger partial charge in [-0.25, -0.2) is 13.1 Å². The van der Waals surface area contributed by atoms with Gasteiger partial charge in [0.25, 0.3) is 0 Å². The van der Waals surface area contributed by atoms with Crippen LogP contribution in [-0.4, -0.2) is 33.8 Å². The van der Waals surface area contributed by atoms with Crippen molar-refractivity contribution in [2.45, 2.75) is 18.2 Å².